The molecule has 0 aromatic rings. The standard InChI is InChI=1S/C10H16/c1-2-9-7-8-3-5-10(9)6-4-8/h3,5,8-10H,2,4,6-7H2,1H3/t8-,9+,10+/m0/s1. The second-order valence-corrected chi connectivity index (χ2v) is 3.79. The van der Waals surface area contributed by atoms with Crippen molar-refractivity contribution < 1.29 is 0 Å². The van der Waals surface area contributed by atoms with E-state index >= 15 is 0 Å². The van der Waals surface area contributed by atoms with Crippen molar-refractivity contribution in [1.82, 2.24) is 0 Å². The molecule has 3 atom stereocenters. The van der Waals surface area contributed by atoms with Gasteiger partial charge in [0.1, 0.15) is 0 Å². The number of hydrogen-bond acceptors (Lipinski definition) is 0. The van der Waals surface area contributed by atoms with Gasteiger partial charge in [-0.2, -0.15) is 0 Å². The summed E-state index contributed by atoms with van der Waals surface area (Å²) in [5.74, 6) is 2.94. The Morgan fingerprint density at radius 3 is 2.50 bits per heavy atom. The fourth-order valence-corrected chi connectivity index (χ4v) is 2.52. The molecule has 3 aliphatic carbocycles. The van der Waals surface area contributed by atoms with Gasteiger partial charge in [-0.05, 0) is 37.0 Å². The maximum Gasteiger partial charge on any atom is -0.0205 e. The highest BCUT2D eigenvalue weighted by Gasteiger charge is 2.29. The molecule has 0 N–H and O–H groups in total. The summed E-state index contributed by atoms with van der Waals surface area (Å²) >= 11 is 0. The third-order valence-electron chi connectivity index (χ3n) is 3.24. The summed E-state index contributed by atoms with van der Waals surface area (Å²) in [6.07, 6.45) is 10.7. The van der Waals surface area contributed by atoms with Crippen LogP contribution in [0.3, 0.4) is 0 Å². The summed E-state index contributed by atoms with van der Waals surface area (Å²) in [5.41, 5.74) is 0. The van der Waals surface area contributed by atoms with Crippen LogP contribution in [-0.4, -0.2) is 0 Å². The molecule has 1 fully saturated rings. The summed E-state index contributed by atoms with van der Waals surface area (Å²) in [4.78, 5) is 0. The van der Waals surface area contributed by atoms with Gasteiger partial charge in [-0.25, -0.2) is 0 Å². The van der Waals surface area contributed by atoms with Crippen molar-refractivity contribution in [3.63, 3.8) is 0 Å². The average molecular weight is 136 g/mol. The van der Waals surface area contributed by atoms with Crippen molar-refractivity contribution in [2.24, 2.45) is 17.8 Å². The summed E-state index contributed by atoms with van der Waals surface area (Å²) in [5, 5.41) is 0. The molecule has 0 nitrogen and oxygen atoms in total. The predicted octanol–water partition coefficient (Wildman–Crippen LogP) is 3.00. The summed E-state index contributed by atoms with van der Waals surface area (Å²) in [6.45, 7) is 2.33. The highest BCUT2D eigenvalue weighted by Crippen LogP contribution is 2.41. The Kier molecular flexibility index (Phi) is 1.55. The van der Waals surface area contributed by atoms with Crippen molar-refractivity contribution in [2.45, 2.75) is 32.6 Å². The van der Waals surface area contributed by atoms with Crippen molar-refractivity contribution in [2.75, 3.05) is 0 Å². The van der Waals surface area contributed by atoms with E-state index in [4.69, 9.17) is 0 Å². The maximum atomic E-state index is 2.46. The van der Waals surface area contributed by atoms with E-state index < -0.39 is 0 Å². The number of rotatable bonds is 1. The molecule has 0 radical (unpaired) electrons. The van der Waals surface area contributed by atoms with Gasteiger partial charge in [-0.3, -0.25) is 0 Å². The fourth-order valence-electron chi connectivity index (χ4n) is 2.52. The van der Waals surface area contributed by atoms with E-state index in [1.807, 2.05) is 0 Å². The topological polar surface area (TPSA) is 0 Å². The van der Waals surface area contributed by atoms with Crippen molar-refractivity contribution >= 4 is 0 Å². The van der Waals surface area contributed by atoms with E-state index in [9.17, 15) is 0 Å². The highest BCUT2D eigenvalue weighted by atomic mass is 14.3. The molecule has 0 unspecified atom stereocenters. The molecule has 3 rings (SSSR count). The monoisotopic (exact) mass is 136 g/mol. The molecule has 10 heavy (non-hydrogen) atoms. The smallest absolute Gasteiger partial charge is 0.0205 e. The molecular weight excluding hydrogens is 120 g/mol. The molecule has 0 amide bonds. The minimum absolute atomic E-state index is 0.954. The van der Waals surface area contributed by atoms with Crippen LogP contribution in [0, 0.1) is 17.8 Å². The molecule has 56 valence electrons. The lowest BCUT2D eigenvalue weighted by atomic mass is 9.68. The van der Waals surface area contributed by atoms with E-state index in [1.54, 1.807) is 0 Å². The SMILES string of the molecule is CC[C@@H]1C[C@H]2C=C[C@@H]1CC2. The molecule has 0 spiro atoms. The minimum atomic E-state index is 0.954. The van der Waals surface area contributed by atoms with Crippen LogP contribution >= 0.6 is 0 Å². The molecule has 0 aromatic carbocycles. The van der Waals surface area contributed by atoms with Crippen molar-refractivity contribution in [3.8, 4) is 0 Å². The third kappa shape index (κ3) is 0.902. The highest BCUT2D eigenvalue weighted by molar-refractivity contribution is 5.05. The van der Waals surface area contributed by atoms with E-state index in [0.717, 1.165) is 17.8 Å². The lowest BCUT2D eigenvalue weighted by Gasteiger charge is -2.37. The van der Waals surface area contributed by atoms with Crippen LogP contribution in [0.4, 0.5) is 0 Å². The minimum Gasteiger partial charge on any atom is -0.0851 e. The predicted molar refractivity (Wildman–Crippen MR) is 43.8 cm³/mol. The first-order valence-electron chi connectivity index (χ1n) is 4.58. The Balaban J connectivity index is 2.11. The van der Waals surface area contributed by atoms with Gasteiger partial charge in [-0.1, -0.05) is 25.5 Å². The van der Waals surface area contributed by atoms with E-state index in [1.165, 1.54) is 25.7 Å². The molecular formula is C10H16. The third-order valence-corrected chi connectivity index (χ3v) is 3.24. The lowest BCUT2D eigenvalue weighted by molar-refractivity contribution is 0.215. The van der Waals surface area contributed by atoms with Gasteiger partial charge >= 0.3 is 0 Å². The second-order valence-electron chi connectivity index (χ2n) is 3.79. The maximum absolute atomic E-state index is 2.46. The molecule has 0 heteroatoms. The average Bonchev–Trinajstić information content (AvgIpc) is 2.06. The van der Waals surface area contributed by atoms with Gasteiger partial charge in [-0.15, -0.1) is 0 Å². The van der Waals surface area contributed by atoms with Crippen LogP contribution in [-0.2, 0) is 0 Å². The molecule has 0 saturated heterocycles. The first-order valence-corrected chi connectivity index (χ1v) is 4.58. The van der Waals surface area contributed by atoms with Gasteiger partial charge in [0, 0.05) is 0 Å². The normalized spacial score (nSPS) is 44.3. The summed E-state index contributed by atoms with van der Waals surface area (Å²) in [6, 6.07) is 0. The van der Waals surface area contributed by atoms with Gasteiger partial charge in [0.05, 0.1) is 0 Å². The van der Waals surface area contributed by atoms with Crippen LogP contribution < -0.4 is 0 Å². The largest absolute Gasteiger partial charge is 0.0851 e. The van der Waals surface area contributed by atoms with Gasteiger partial charge in [0.25, 0.3) is 0 Å². The second kappa shape index (κ2) is 2.41. The van der Waals surface area contributed by atoms with E-state index in [-0.39, 0.29) is 0 Å². The van der Waals surface area contributed by atoms with Gasteiger partial charge in [0.15, 0.2) is 0 Å². The van der Waals surface area contributed by atoms with Crippen LogP contribution in [0.5, 0.6) is 0 Å². The van der Waals surface area contributed by atoms with Crippen LogP contribution in [0.25, 0.3) is 0 Å². The zero-order chi connectivity index (χ0) is 6.97. The quantitative estimate of drug-likeness (QED) is 0.486. The Morgan fingerprint density at radius 1 is 1.30 bits per heavy atom. The first kappa shape index (κ1) is 6.45. The number of fused-ring (bicyclic) bond motifs is 2. The lowest BCUT2D eigenvalue weighted by Crippen LogP contribution is -2.26. The van der Waals surface area contributed by atoms with Crippen LogP contribution in [0.1, 0.15) is 32.6 Å². The number of allylic oxidation sites excluding steroid dienone is 2. The Morgan fingerprint density at radius 2 is 2.20 bits per heavy atom. The molecule has 1 saturated carbocycles. The number of hydrogen-bond donors (Lipinski definition) is 0. The van der Waals surface area contributed by atoms with Crippen LogP contribution in [0.2, 0.25) is 0 Å². The Labute approximate surface area is 63.3 Å². The summed E-state index contributed by atoms with van der Waals surface area (Å²) < 4.78 is 0. The first-order chi connectivity index (χ1) is 4.90. The molecule has 3 aliphatic rings. The van der Waals surface area contributed by atoms with Crippen molar-refractivity contribution in [1.29, 1.82) is 0 Å². The van der Waals surface area contributed by atoms with Crippen molar-refractivity contribution in [3.05, 3.63) is 12.2 Å². The molecule has 0 heterocycles. The Hall–Kier alpha value is -0.260. The van der Waals surface area contributed by atoms with E-state index in [0.29, 0.717) is 0 Å². The molecule has 0 aromatic heterocycles. The van der Waals surface area contributed by atoms with E-state index in [2.05, 4.69) is 19.1 Å². The van der Waals surface area contributed by atoms with Gasteiger partial charge < -0.3 is 0 Å². The Bertz CT molecular complexity index is 146. The van der Waals surface area contributed by atoms with Gasteiger partial charge in [0.2, 0.25) is 0 Å². The fraction of sp³-hybridized carbons (Fsp3) is 0.800. The van der Waals surface area contributed by atoms with Crippen LogP contribution in [0.15, 0.2) is 12.2 Å². The molecule has 2 bridgehead atoms. The zero-order valence-corrected chi connectivity index (χ0v) is 6.72. The summed E-state index contributed by atoms with van der Waals surface area (Å²) in [7, 11) is 0. The molecule has 0 aliphatic heterocycles. The zero-order valence-electron chi connectivity index (χ0n) is 6.72.